The van der Waals surface area contributed by atoms with Gasteiger partial charge in [-0.05, 0) is 86.4 Å². The number of hydrogen-bond donors (Lipinski definition) is 2. The second kappa shape index (κ2) is 7.81. The van der Waals surface area contributed by atoms with E-state index in [1.807, 2.05) is 41.6 Å². The van der Waals surface area contributed by atoms with Crippen LogP contribution in [0.1, 0.15) is 18.1 Å². The largest absolute Gasteiger partial charge is 0.506 e. The Kier molecular flexibility index (Phi) is 5.66. The maximum Gasteiger partial charge on any atom is 0.335 e. The van der Waals surface area contributed by atoms with E-state index >= 15 is 0 Å². The molecule has 0 spiro atoms. The molecular formula is C19H14BrIN2O4. The third-order valence-corrected chi connectivity index (χ3v) is 5.48. The van der Waals surface area contributed by atoms with Crippen LogP contribution in [0.2, 0.25) is 0 Å². The van der Waals surface area contributed by atoms with E-state index in [2.05, 4.69) is 21.2 Å². The molecule has 0 atom stereocenters. The smallest absolute Gasteiger partial charge is 0.335 e. The van der Waals surface area contributed by atoms with Crippen LogP contribution in [0.3, 0.4) is 0 Å². The Bertz CT molecular complexity index is 963. The molecule has 1 fully saturated rings. The van der Waals surface area contributed by atoms with Crippen molar-refractivity contribution in [3.8, 4) is 5.75 Å². The van der Waals surface area contributed by atoms with Gasteiger partial charge in [-0.2, -0.15) is 0 Å². The molecule has 3 rings (SSSR count). The van der Waals surface area contributed by atoms with Crippen LogP contribution < -0.4 is 10.2 Å². The molecule has 0 aliphatic carbocycles. The molecular weight excluding hydrogens is 527 g/mol. The fourth-order valence-electron chi connectivity index (χ4n) is 2.61. The van der Waals surface area contributed by atoms with E-state index in [1.165, 1.54) is 6.08 Å². The van der Waals surface area contributed by atoms with Gasteiger partial charge < -0.3 is 5.11 Å². The molecule has 0 unspecified atom stereocenters. The lowest BCUT2D eigenvalue weighted by atomic mass is 10.1. The van der Waals surface area contributed by atoms with E-state index in [4.69, 9.17) is 0 Å². The number of benzene rings is 2. The van der Waals surface area contributed by atoms with Crippen LogP contribution in [-0.2, 0) is 16.0 Å². The molecule has 0 aromatic heterocycles. The monoisotopic (exact) mass is 540 g/mol. The number of urea groups is 1. The summed E-state index contributed by atoms with van der Waals surface area (Å²) in [5.74, 6) is -1.39. The second-order valence-corrected chi connectivity index (χ2v) is 7.83. The first kappa shape index (κ1) is 19.6. The summed E-state index contributed by atoms with van der Waals surface area (Å²) in [6.07, 6.45) is 2.22. The molecule has 8 heteroatoms. The highest BCUT2D eigenvalue weighted by Crippen LogP contribution is 2.32. The van der Waals surface area contributed by atoms with Crippen molar-refractivity contribution < 1.29 is 19.5 Å². The molecule has 1 aliphatic heterocycles. The molecule has 4 amide bonds. The Morgan fingerprint density at radius 1 is 1.19 bits per heavy atom. The molecule has 2 aromatic carbocycles. The van der Waals surface area contributed by atoms with Gasteiger partial charge in [0.05, 0.1) is 13.7 Å². The van der Waals surface area contributed by atoms with E-state index < -0.39 is 17.8 Å². The number of amides is 4. The Labute approximate surface area is 177 Å². The topological polar surface area (TPSA) is 86.7 Å². The van der Waals surface area contributed by atoms with Gasteiger partial charge in [0.25, 0.3) is 11.8 Å². The van der Waals surface area contributed by atoms with E-state index in [0.29, 0.717) is 19.3 Å². The van der Waals surface area contributed by atoms with Gasteiger partial charge in [0.1, 0.15) is 11.3 Å². The molecule has 0 radical (unpaired) electrons. The number of hydrogen-bond acceptors (Lipinski definition) is 4. The number of rotatable bonds is 3. The van der Waals surface area contributed by atoms with E-state index in [9.17, 15) is 19.5 Å². The summed E-state index contributed by atoms with van der Waals surface area (Å²) in [7, 11) is 0. The summed E-state index contributed by atoms with van der Waals surface area (Å²) in [4.78, 5) is 38.2. The van der Waals surface area contributed by atoms with Crippen molar-refractivity contribution in [2.45, 2.75) is 13.3 Å². The number of phenols is 1. The minimum absolute atomic E-state index is 0.0741. The van der Waals surface area contributed by atoms with Crippen LogP contribution in [0.15, 0.2) is 46.4 Å². The van der Waals surface area contributed by atoms with E-state index in [1.54, 1.807) is 24.3 Å². The molecule has 138 valence electrons. The highest BCUT2D eigenvalue weighted by Gasteiger charge is 2.36. The number of nitrogens with one attached hydrogen (secondary N) is 1. The maximum absolute atomic E-state index is 12.9. The van der Waals surface area contributed by atoms with E-state index in [-0.39, 0.29) is 11.3 Å². The second-order valence-electron chi connectivity index (χ2n) is 5.81. The fraction of sp³-hybridized carbons (Fsp3) is 0.105. The highest BCUT2D eigenvalue weighted by molar-refractivity contribution is 14.1. The minimum Gasteiger partial charge on any atom is -0.506 e. The van der Waals surface area contributed by atoms with Crippen molar-refractivity contribution in [1.29, 1.82) is 0 Å². The molecule has 2 aromatic rings. The standard InChI is InChI=1S/C19H14BrIN2O4/c1-2-10-3-5-12(6-4-10)23-18(26)13(17(25)22-19(23)27)7-11-8-14(20)16(24)15(21)9-11/h3-9,24H,2H2,1H3,(H,22,25,27)/b13-7-. The van der Waals surface area contributed by atoms with E-state index in [0.717, 1.165) is 16.9 Å². The fourth-order valence-corrected chi connectivity index (χ4v) is 4.11. The van der Waals surface area contributed by atoms with Gasteiger partial charge in [-0.15, -0.1) is 0 Å². The summed E-state index contributed by atoms with van der Waals surface area (Å²) in [5, 5.41) is 12.0. The van der Waals surface area contributed by atoms with Gasteiger partial charge in [-0.1, -0.05) is 19.1 Å². The van der Waals surface area contributed by atoms with Crippen LogP contribution >= 0.6 is 38.5 Å². The minimum atomic E-state index is -0.784. The van der Waals surface area contributed by atoms with Crippen LogP contribution in [0.25, 0.3) is 6.08 Å². The van der Waals surface area contributed by atoms with Gasteiger partial charge in [-0.25, -0.2) is 9.69 Å². The summed E-state index contributed by atoms with van der Waals surface area (Å²) in [5.41, 5.74) is 1.83. The molecule has 0 saturated carbocycles. The average Bonchev–Trinajstić information content (AvgIpc) is 2.63. The lowest BCUT2D eigenvalue weighted by Gasteiger charge is -2.26. The van der Waals surface area contributed by atoms with Crippen LogP contribution in [0, 0.1) is 3.57 Å². The number of barbiturate groups is 1. The van der Waals surface area contributed by atoms with Crippen molar-refractivity contribution in [2.24, 2.45) is 0 Å². The molecule has 2 N–H and O–H groups in total. The van der Waals surface area contributed by atoms with Crippen LogP contribution in [0.4, 0.5) is 10.5 Å². The Hall–Kier alpha value is -2.20. The SMILES string of the molecule is CCc1ccc(N2C(=O)NC(=O)/C(=C/c3cc(Br)c(O)c(I)c3)C2=O)cc1. The summed E-state index contributed by atoms with van der Waals surface area (Å²) in [6.45, 7) is 2.00. The predicted octanol–water partition coefficient (Wildman–Crippen LogP) is 3.99. The Balaban J connectivity index is 2.01. The number of carbonyl (C=O) groups is 3. The van der Waals surface area contributed by atoms with Crippen LogP contribution in [0.5, 0.6) is 5.75 Å². The van der Waals surface area contributed by atoms with Gasteiger partial charge >= 0.3 is 6.03 Å². The van der Waals surface area contributed by atoms with Gasteiger partial charge in [0.2, 0.25) is 0 Å². The van der Waals surface area contributed by atoms with Crippen molar-refractivity contribution in [2.75, 3.05) is 4.90 Å². The highest BCUT2D eigenvalue weighted by atomic mass is 127. The Morgan fingerprint density at radius 3 is 2.44 bits per heavy atom. The number of nitrogens with zero attached hydrogens (tertiary/aromatic N) is 1. The van der Waals surface area contributed by atoms with Crippen molar-refractivity contribution in [3.63, 3.8) is 0 Å². The first-order valence-corrected chi connectivity index (χ1v) is 9.87. The first-order valence-electron chi connectivity index (χ1n) is 8.00. The third-order valence-electron chi connectivity index (χ3n) is 4.05. The number of aryl methyl sites for hydroxylation is 1. The van der Waals surface area contributed by atoms with Gasteiger partial charge in [0, 0.05) is 0 Å². The van der Waals surface area contributed by atoms with Gasteiger partial charge in [-0.3, -0.25) is 14.9 Å². The zero-order valence-corrected chi connectivity index (χ0v) is 17.9. The lowest BCUT2D eigenvalue weighted by molar-refractivity contribution is -0.122. The number of phenolic OH excluding ortho intramolecular Hbond substituents is 1. The molecule has 1 aliphatic rings. The van der Waals surface area contributed by atoms with Crippen molar-refractivity contribution in [3.05, 3.63) is 61.1 Å². The molecule has 6 nitrogen and oxygen atoms in total. The summed E-state index contributed by atoms with van der Waals surface area (Å²) >= 11 is 5.17. The quantitative estimate of drug-likeness (QED) is 0.350. The summed E-state index contributed by atoms with van der Waals surface area (Å²) < 4.78 is 0.994. The summed E-state index contributed by atoms with van der Waals surface area (Å²) in [6, 6.07) is 9.43. The van der Waals surface area contributed by atoms with Crippen molar-refractivity contribution >= 4 is 68.1 Å². The zero-order valence-electron chi connectivity index (χ0n) is 14.1. The number of anilines is 1. The predicted molar refractivity (Wildman–Crippen MR) is 113 cm³/mol. The van der Waals surface area contributed by atoms with Gasteiger partial charge in [0.15, 0.2) is 0 Å². The molecule has 27 heavy (non-hydrogen) atoms. The number of halogens is 2. The number of imide groups is 2. The normalized spacial score (nSPS) is 16.0. The zero-order chi connectivity index (χ0) is 19.7. The number of carbonyl (C=O) groups excluding carboxylic acids is 3. The molecule has 1 heterocycles. The molecule has 0 bridgehead atoms. The lowest BCUT2D eigenvalue weighted by Crippen LogP contribution is -2.54. The third kappa shape index (κ3) is 3.91. The van der Waals surface area contributed by atoms with Crippen molar-refractivity contribution in [1.82, 2.24) is 5.32 Å². The average molecular weight is 541 g/mol. The maximum atomic E-state index is 12.9. The van der Waals surface area contributed by atoms with Crippen LogP contribution in [-0.4, -0.2) is 23.0 Å². The molecule has 1 saturated heterocycles. The Morgan fingerprint density at radius 2 is 1.85 bits per heavy atom. The number of aromatic hydroxyl groups is 1. The first-order chi connectivity index (χ1) is 12.8.